The summed E-state index contributed by atoms with van der Waals surface area (Å²) in [6.45, 7) is 15.8. The third-order valence-corrected chi connectivity index (χ3v) is 13.4. The van der Waals surface area contributed by atoms with Crippen LogP contribution in [0.25, 0.3) is 0 Å². The van der Waals surface area contributed by atoms with E-state index in [0.29, 0.717) is 11.8 Å². The zero-order valence-corrected chi connectivity index (χ0v) is 22.2. The Morgan fingerprint density at radius 3 is 2.23 bits per heavy atom. The van der Waals surface area contributed by atoms with Gasteiger partial charge in [0.05, 0.1) is 25.3 Å². The van der Waals surface area contributed by atoms with Gasteiger partial charge in [0.1, 0.15) is 0 Å². The third kappa shape index (κ3) is 3.85. The first-order chi connectivity index (χ1) is 16.3. The highest BCUT2D eigenvalue weighted by atomic mass is 28.3. The van der Waals surface area contributed by atoms with Gasteiger partial charge in [0.15, 0.2) is 0 Å². The second kappa shape index (κ2) is 8.09. The standard InChI is InChI=1S/C28H34BF3O2Si/c1-18(29-33-24-17-21-16-23(26(21,2)3)27(24,4)34-29)25(35(5,6)22-10-8-7-9-11-22)19-12-14-20(15-13-19)28(30,31)32/h7-15,21,23-25H,1,16-17H2,2-6H3/t21-,23-,24+,25-,27-/m1/s1. The van der Waals surface area contributed by atoms with Gasteiger partial charge in [0.25, 0.3) is 0 Å². The number of hydrogen-bond donors (Lipinski definition) is 0. The van der Waals surface area contributed by atoms with Crippen molar-refractivity contribution in [3.8, 4) is 0 Å². The van der Waals surface area contributed by atoms with Crippen LogP contribution < -0.4 is 5.19 Å². The zero-order valence-electron chi connectivity index (χ0n) is 21.2. The van der Waals surface area contributed by atoms with Gasteiger partial charge < -0.3 is 9.31 Å². The summed E-state index contributed by atoms with van der Waals surface area (Å²) in [5.74, 6) is 1.07. The van der Waals surface area contributed by atoms with Crippen molar-refractivity contribution in [3.05, 3.63) is 77.8 Å². The van der Waals surface area contributed by atoms with E-state index in [1.54, 1.807) is 12.1 Å². The molecule has 0 aromatic heterocycles. The van der Waals surface area contributed by atoms with Crippen LogP contribution in [0.5, 0.6) is 0 Å². The average molecular weight is 498 g/mol. The molecule has 35 heavy (non-hydrogen) atoms. The molecule has 5 atom stereocenters. The number of alkyl halides is 3. The smallest absolute Gasteiger partial charge is 0.402 e. The van der Waals surface area contributed by atoms with E-state index in [4.69, 9.17) is 9.31 Å². The molecule has 0 amide bonds. The van der Waals surface area contributed by atoms with Gasteiger partial charge in [-0.15, -0.1) is 6.58 Å². The lowest BCUT2D eigenvalue weighted by atomic mass is 9.43. The Bertz CT molecular complexity index is 1120. The molecule has 0 unspecified atom stereocenters. The second-order valence-corrected chi connectivity index (χ2v) is 16.6. The quantitative estimate of drug-likeness (QED) is 0.424. The lowest BCUT2D eigenvalue weighted by Gasteiger charge is -2.64. The molecule has 4 fully saturated rings. The molecule has 2 bridgehead atoms. The molecule has 2 aromatic rings. The van der Waals surface area contributed by atoms with Gasteiger partial charge in [-0.1, -0.05) is 74.6 Å². The highest BCUT2D eigenvalue weighted by Gasteiger charge is 2.68. The molecular weight excluding hydrogens is 464 g/mol. The predicted octanol–water partition coefficient (Wildman–Crippen LogP) is 6.77. The molecule has 186 valence electrons. The Morgan fingerprint density at radius 2 is 1.66 bits per heavy atom. The first-order valence-electron chi connectivity index (χ1n) is 12.5. The normalized spacial score (nSPS) is 30.4. The van der Waals surface area contributed by atoms with Crippen LogP contribution in [-0.4, -0.2) is 26.9 Å². The van der Waals surface area contributed by atoms with Crippen molar-refractivity contribution in [2.24, 2.45) is 17.3 Å². The summed E-state index contributed by atoms with van der Waals surface area (Å²) in [4.78, 5) is 0. The molecule has 1 heterocycles. The summed E-state index contributed by atoms with van der Waals surface area (Å²) >= 11 is 0. The maximum atomic E-state index is 13.3. The Morgan fingerprint density at radius 1 is 1.03 bits per heavy atom. The Balaban J connectivity index is 1.51. The largest absolute Gasteiger partial charge is 0.490 e. The molecule has 7 heteroatoms. The zero-order chi connectivity index (χ0) is 25.4. The van der Waals surface area contributed by atoms with Crippen LogP contribution in [-0.2, 0) is 15.5 Å². The van der Waals surface area contributed by atoms with Gasteiger partial charge in [0.2, 0.25) is 0 Å². The fourth-order valence-electron chi connectivity index (χ4n) is 7.15. The summed E-state index contributed by atoms with van der Waals surface area (Å²) in [5.41, 5.74) is 0.712. The van der Waals surface area contributed by atoms with E-state index >= 15 is 0 Å². The number of hydrogen-bond acceptors (Lipinski definition) is 2. The van der Waals surface area contributed by atoms with Gasteiger partial charge >= 0.3 is 13.3 Å². The van der Waals surface area contributed by atoms with Crippen molar-refractivity contribution in [1.82, 2.24) is 0 Å². The highest BCUT2D eigenvalue weighted by Crippen LogP contribution is 2.66. The van der Waals surface area contributed by atoms with Crippen LogP contribution in [0, 0.1) is 17.3 Å². The number of halogens is 3. The van der Waals surface area contributed by atoms with Gasteiger partial charge in [-0.25, -0.2) is 0 Å². The lowest BCUT2D eigenvalue weighted by Crippen LogP contribution is -2.65. The number of benzene rings is 2. The molecule has 0 spiro atoms. The summed E-state index contributed by atoms with van der Waals surface area (Å²) < 4.78 is 53.2. The van der Waals surface area contributed by atoms with Crippen molar-refractivity contribution in [3.63, 3.8) is 0 Å². The van der Waals surface area contributed by atoms with Crippen LogP contribution in [0.1, 0.15) is 50.3 Å². The van der Waals surface area contributed by atoms with E-state index in [0.717, 1.165) is 23.9 Å². The first kappa shape index (κ1) is 24.8. The van der Waals surface area contributed by atoms with Crippen LogP contribution in [0.3, 0.4) is 0 Å². The van der Waals surface area contributed by atoms with Gasteiger partial charge in [0, 0.05) is 5.54 Å². The summed E-state index contributed by atoms with van der Waals surface area (Å²) in [5, 5.41) is 1.22. The van der Waals surface area contributed by atoms with Crippen molar-refractivity contribution < 1.29 is 22.5 Å². The van der Waals surface area contributed by atoms with Gasteiger partial charge in [-0.3, -0.25) is 0 Å². The van der Waals surface area contributed by atoms with Crippen LogP contribution in [0.15, 0.2) is 66.6 Å². The van der Waals surface area contributed by atoms with E-state index in [1.165, 1.54) is 17.3 Å². The minimum Gasteiger partial charge on any atom is -0.402 e. The molecule has 3 aliphatic carbocycles. The third-order valence-electron chi connectivity index (χ3n) is 9.43. The number of allylic oxidation sites excluding steroid dienone is 1. The first-order valence-corrected chi connectivity index (χ1v) is 15.6. The maximum Gasteiger partial charge on any atom is 0.490 e. The number of rotatable bonds is 5. The summed E-state index contributed by atoms with van der Waals surface area (Å²) in [6, 6.07) is 15.8. The molecule has 3 saturated carbocycles. The molecule has 6 rings (SSSR count). The summed E-state index contributed by atoms with van der Waals surface area (Å²) in [7, 11) is -2.86. The molecule has 2 aromatic carbocycles. The Kier molecular flexibility index (Phi) is 5.74. The lowest BCUT2D eigenvalue weighted by molar-refractivity contribution is -0.199. The Hall–Kier alpha value is -1.83. The van der Waals surface area contributed by atoms with Crippen molar-refractivity contribution in [2.45, 2.75) is 70.1 Å². The molecule has 0 N–H and O–H groups in total. The van der Waals surface area contributed by atoms with Crippen LogP contribution in [0.2, 0.25) is 13.1 Å². The minimum absolute atomic E-state index is 0.0239. The molecular formula is C28H34BF3O2Si. The highest BCUT2D eigenvalue weighted by molar-refractivity contribution is 6.92. The van der Waals surface area contributed by atoms with Crippen molar-refractivity contribution >= 4 is 20.4 Å². The molecule has 2 nitrogen and oxygen atoms in total. The fraction of sp³-hybridized carbons (Fsp3) is 0.500. The van der Waals surface area contributed by atoms with Crippen molar-refractivity contribution in [2.75, 3.05) is 0 Å². The van der Waals surface area contributed by atoms with Crippen LogP contribution in [0.4, 0.5) is 13.2 Å². The van der Waals surface area contributed by atoms with E-state index in [9.17, 15) is 13.2 Å². The van der Waals surface area contributed by atoms with E-state index < -0.39 is 26.9 Å². The van der Waals surface area contributed by atoms with E-state index in [-0.39, 0.29) is 22.7 Å². The molecule has 0 radical (unpaired) electrons. The van der Waals surface area contributed by atoms with Crippen molar-refractivity contribution in [1.29, 1.82) is 0 Å². The average Bonchev–Trinajstić information content (AvgIpc) is 3.16. The van der Waals surface area contributed by atoms with Crippen LogP contribution >= 0.6 is 0 Å². The minimum atomic E-state index is -4.37. The molecule has 1 aliphatic heterocycles. The SMILES string of the molecule is C=C(B1O[C@H]2C[C@H]3C[C@H](C3(C)C)[C@@]2(C)O1)[C@H](c1ccc(C(F)(F)F)cc1)[Si](C)(C)c1ccccc1. The molecule has 4 aliphatic rings. The second-order valence-electron chi connectivity index (χ2n) is 12.0. The van der Waals surface area contributed by atoms with E-state index in [2.05, 4.69) is 52.6 Å². The monoisotopic (exact) mass is 498 g/mol. The fourth-order valence-corrected chi connectivity index (χ4v) is 10.6. The Labute approximate surface area is 208 Å². The van der Waals surface area contributed by atoms with Gasteiger partial charge in [-0.05, 0) is 60.2 Å². The molecule has 1 saturated heterocycles. The maximum absolute atomic E-state index is 13.3. The van der Waals surface area contributed by atoms with E-state index in [1.807, 2.05) is 18.2 Å². The summed E-state index contributed by atoms with van der Waals surface area (Å²) in [6.07, 6.45) is -2.20. The topological polar surface area (TPSA) is 18.5 Å². The predicted molar refractivity (Wildman–Crippen MR) is 137 cm³/mol. The van der Waals surface area contributed by atoms with Gasteiger partial charge in [-0.2, -0.15) is 13.2 Å².